The molecule has 3 aliphatic carbocycles. The average molecular weight is 1160 g/mol. The molecule has 0 unspecified atom stereocenters. The van der Waals surface area contributed by atoms with Crippen LogP contribution in [0.1, 0.15) is 98.9 Å². The van der Waals surface area contributed by atoms with Crippen molar-refractivity contribution in [2.45, 2.75) is 148 Å². The van der Waals surface area contributed by atoms with E-state index in [1.165, 1.54) is 66.2 Å². The van der Waals surface area contributed by atoms with Crippen LogP contribution in [0, 0.1) is 16.7 Å². The van der Waals surface area contributed by atoms with Gasteiger partial charge in [-0.15, -0.1) is 0 Å². The molecule has 1 aliphatic heterocycles. The van der Waals surface area contributed by atoms with Crippen LogP contribution in [0.5, 0.6) is 11.5 Å². The molecule has 79 heavy (non-hydrogen) atoms. The Balaban J connectivity index is 1.57. The van der Waals surface area contributed by atoms with E-state index in [9.17, 15) is 39.3 Å². The van der Waals surface area contributed by atoms with Gasteiger partial charge in [-0.3, -0.25) is 14.4 Å². The Kier molecular flexibility index (Phi) is 23.1. The largest absolute Gasteiger partial charge is 0.497 e. The monoisotopic (exact) mass is 1160 g/mol. The van der Waals surface area contributed by atoms with Crippen molar-refractivity contribution in [1.29, 1.82) is 0 Å². The first-order valence-corrected chi connectivity index (χ1v) is 28.9. The summed E-state index contributed by atoms with van der Waals surface area (Å²) in [5, 5.41) is 40.7. The van der Waals surface area contributed by atoms with Crippen molar-refractivity contribution in [2.24, 2.45) is 16.7 Å². The number of hydrogen-bond donors (Lipinski definition) is 4. The molecule has 4 aliphatic rings. The Morgan fingerprint density at radius 3 is 2.06 bits per heavy atom. The third-order valence-corrected chi connectivity index (χ3v) is 16.6. The number of allylic oxidation sites excluding steroid dienone is 1. The Labute approximate surface area is 470 Å². The fraction of sp³-hybridized carbons (Fsp3) is 0.709. The summed E-state index contributed by atoms with van der Waals surface area (Å²) in [6, 6.07) is 2.92. The molecule has 0 spiro atoms. The van der Waals surface area contributed by atoms with Gasteiger partial charge in [-0.2, -0.15) is 0 Å². The number of ether oxygens (including phenoxy) is 12. The van der Waals surface area contributed by atoms with Gasteiger partial charge in [0.1, 0.15) is 46.6 Å². The number of Topliss-reactive ketones (excluding diaryl/α,β-unsaturated/α-hetero) is 1. The maximum Gasteiger partial charge on any atom is 0.408 e. The minimum atomic E-state index is -2.54. The average Bonchev–Trinajstić information content (AvgIpc) is 2.65. The van der Waals surface area contributed by atoms with Gasteiger partial charge in [0.25, 0.3) is 0 Å². The molecule has 0 radical (unpaired) electrons. The highest BCUT2D eigenvalue weighted by atomic mass is 33.1. The van der Waals surface area contributed by atoms with E-state index < -0.39 is 125 Å². The van der Waals surface area contributed by atoms with Gasteiger partial charge in [-0.1, -0.05) is 47.1 Å². The minimum absolute atomic E-state index is 0.0267. The summed E-state index contributed by atoms with van der Waals surface area (Å²) >= 11 is 0. The smallest absolute Gasteiger partial charge is 0.408 e. The first-order chi connectivity index (χ1) is 37.1. The Morgan fingerprint density at radius 2 is 1.52 bits per heavy atom. The number of fused-ring (bicyclic) bond motifs is 5. The highest BCUT2D eigenvalue weighted by Crippen LogP contribution is 2.64. The fourth-order valence-corrected chi connectivity index (χ4v) is 12.0. The standard InChI is InChI=1S/C55H81NO21S2/c1-31(2)26-36(56-50(64)77-51(5,6)7)43(60)49(63)73-38-29-55(65)47(75-48(62)35-27-34(66-11)14-15-37(35)67-12)45-53(10,39(58)28-40-54(45,30-72-40)76-33(4)57)46(61)44(42(32(38)3)52(55,8)9)74-41(59)16-17-68-18-19-69-20-21-70-22-23-71-24-25-79-78-13/h14-15,26-27,36,38-40,43-45,47,58,60,65H,16-25,28-30H2,1-13H3,(H,56,64)/t36-,38-,39-,40+,43+,44+,45-,47-,53+,54-,55+/m0/s1. The Hall–Kier alpha value is -4.50. The molecule has 3 fully saturated rings. The van der Waals surface area contributed by atoms with Crippen molar-refractivity contribution in [3.05, 3.63) is 46.6 Å². The lowest BCUT2D eigenvalue weighted by atomic mass is 9.44. The van der Waals surface area contributed by atoms with Crippen molar-refractivity contribution in [3.63, 3.8) is 0 Å². The van der Waals surface area contributed by atoms with Gasteiger partial charge in [-0.05, 0) is 84.1 Å². The zero-order valence-corrected chi connectivity index (χ0v) is 49.3. The van der Waals surface area contributed by atoms with E-state index in [-0.39, 0.29) is 67.5 Å². The molecule has 11 atom stereocenters. The van der Waals surface area contributed by atoms with E-state index in [0.29, 0.717) is 32.0 Å². The first-order valence-electron chi connectivity index (χ1n) is 26.2. The van der Waals surface area contributed by atoms with Crippen LogP contribution in [0.2, 0.25) is 0 Å². The van der Waals surface area contributed by atoms with Gasteiger partial charge < -0.3 is 77.5 Å². The maximum atomic E-state index is 16.1. The summed E-state index contributed by atoms with van der Waals surface area (Å²) in [6.45, 7) is 17.1. The zero-order valence-electron chi connectivity index (χ0n) is 47.6. The number of aliphatic hydroxyl groups is 3. The molecule has 22 nitrogen and oxygen atoms in total. The number of esters is 4. The van der Waals surface area contributed by atoms with Crippen LogP contribution < -0.4 is 14.8 Å². The normalized spacial score (nSPS) is 27.7. The van der Waals surface area contributed by atoms with Crippen molar-refractivity contribution in [1.82, 2.24) is 5.32 Å². The number of benzene rings is 1. The van der Waals surface area contributed by atoms with E-state index in [1.807, 2.05) is 6.26 Å². The molecule has 1 aromatic carbocycles. The quantitative estimate of drug-likeness (QED) is 0.0300. The number of rotatable bonds is 27. The number of amides is 1. The maximum absolute atomic E-state index is 16.1. The molecule has 1 heterocycles. The number of alkyl carbamates (subject to hydrolysis) is 1. The summed E-state index contributed by atoms with van der Waals surface area (Å²) < 4.78 is 69.8. The molecule has 1 amide bonds. The van der Waals surface area contributed by atoms with Crippen LogP contribution in [0.3, 0.4) is 0 Å². The molecular formula is C55H81NO21S2. The Bertz CT molecular complexity index is 2390. The first kappa shape index (κ1) is 65.3. The molecular weight excluding hydrogens is 1070 g/mol. The number of aliphatic hydroxyl groups excluding tert-OH is 2. The van der Waals surface area contributed by atoms with Crippen LogP contribution in [0.25, 0.3) is 0 Å². The third-order valence-electron chi connectivity index (χ3n) is 14.8. The van der Waals surface area contributed by atoms with Gasteiger partial charge in [0, 0.05) is 30.9 Å². The molecule has 4 N–H and O–H groups in total. The molecule has 24 heteroatoms. The van der Waals surface area contributed by atoms with Crippen LogP contribution >= 0.6 is 21.6 Å². The van der Waals surface area contributed by atoms with Gasteiger partial charge in [0.2, 0.25) is 0 Å². The van der Waals surface area contributed by atoms with Crippen molar-refractivity contribution in [3.8, 4) is 11.5 Å². The van der Waals surface area contributed by atoms with E-state index in [1.54, 1.807) is 56.2 Å². The molecule has 1 aromatic rings. The number of nitrogens with one attached hydrogen (secondary N) is 1. The highest BCUT2D eigenvalue weighted by molar-refractivity contribution is 8.76. The molecule has 2 saturated carbocycles. The molecule has 5 rings (SSSR count). The predicted molar refractivity (Wildman–Crippen MR) is 288 cm³/mol. The SMILES string of the molecule is COc1ccc(OC)c(C(=O)O[C@H]2[C@@H]3[C@]4(OC(C)=O)CO[C@@H]4C[C@H](O)[C@@]3(C)C(=O)[C@H](OC(=O)CCOCCOCCOCCOCCSSC)C3=C(C)[C@@H](OC(=O)[C@H](O)[C@H](C=C(C)C)NC(=O)OC(C)(C)C)C[C@]2(O)C3(C)C)c1. The number of methoxy groups -OCH3 is 2. The van der Waals surface area contributed by atoms with Gasteiger partial charge in [0.05, 0.1) is 104 Å². The van der Waals surface area contributed by atoms with Crippen LogP contribution in [0.15, 0.2) is 41.0 Å². The second kappa shape index (κ2) is 28.0. The van der Waals surface area contributed by atoms with Crippen LogP contribution in [-0.2, 0) is 66.5 Å². The molecule has 444 valence electrons. The molecule has 0 aromatic heterocycles. The van der Waals surface area contributed by atoms with Crippen molar-refractivity contribution >= 4 is 57.3 Å². The van der Waals surface area contributed by atoms with E-state index in [2.05, 4.69) is 5.32 Å². The summed E-state index contributed by atoms with van der Waals surface area (Å²) in [5.41, 5.74) is -8.96. The fourth-order valence-electron chi connectivity index (χ4n) is 10.9. The summed E-state index contributed by atoms with van der Waals surface area (Å²) in [6.07, 6.45) is -9.27. The van der Waals surface area contributed by atoms with E-state index in [0.717, 1.165) is 12.7 Å². The van der Waals surface area contributed by atoms with Gasteiger partial charge in [-0.25, -0.2) is 14.4 Å². The zero-order chi connectivity index (χ0) is 58.7. The van der Waals surface area contributed by atoms with Crippen LogP contribution in [0.4, 0.5) is 4.79 Å². The van der Waals surface area contributed by atoms with E-state index in [4.69, 9.17) is 56.8 Å². The minimum Gasteiger partial charge on any atom is -0.497 e. The lowest BCUT2D eigenvalue weighted by Crippen LogP contribution is -2.82. The van der Waals surface area contributed by atoms with Gasteiger partial charge in [0.15, 0.2) is 23.6 Å². The second-order valence-electron chi connectivity index (χ2n) is 21.8. The topological polar surface area (TPSA) is 286 Å². The lowest BCUT2D eigenvalue weighted by Gasteiger charge is -2.67. The summed E-state index contributed by atoms with van der Waals surface area (Å²) in [5.74, 6) is -5.68. The van der Waals surface area contributed by atoms with Gasteiger partial charge >= 0.3 is 30.0 Å². The lowest BCUT2D eigenvalue weighted by molar-refractivity contribution is -0.346. The Morgan fingerprint density at radius 1 is 0.899 bits per heavy atom. The number of hydrogen-bond acceptors (Lipinski definition) is 23. The summed E-state index contributed by atoms with van der Waals surface area (Å²) in [7, 11) is 6.09. The van der Waals surface area contributed by atoms with Crippen molar-refractivity contribution < 1.29 is 101 Å². The van der Waals surface area contributed by atoms with E-state index >= 15 is 4.79 Å². The second-order valence-corrected chi connectivity index (χ2v) is 24.5. The molecule has 2 bridgehead atoms. The highest BCUT2D eigenvalue weighted by Gasteiger charge is 2.78. The third kappa shape index (κ3) is 15.1. The number of carbonyl (C=O) groups is 6. The predicted octanol–water partition coefficient (Wildman–Crippen LogP) is 4.89. The van der Waals surface area contributed by atoms with Crippen molar-refractivity contribution in [2.75, 3.05) is 85.7 Å². The number of carbonyl (C=O) groups excluding carboxylic acids is 6. The summed E-state index contributed by atoms with van der Waals surface area (Å²) in [4.78, 5) is 86.0. The molecule has 1 saturated heterocycles. The van der Waals surface area contributed by atoms with Crippen LogP contribution in [-0.4, -0.2) is 196 Å². The number of ketones is 1.